The first-order valence-electron chi connectivity index (χ1n) is 10.8. The molecule has 3 aromatic rings. The van der Waals surface area contributed by atoms with Gasteiger partial charge in [-0.3, -0.25) is 9.48 Å². The molecule has 0 saturated carbocycles. The number of hydrogen-bond acceptors (Lipinski definition) is 3. The Bertz CT molecular complexity index is 1030. The van der Waals surface area contributed by atoms with Crippen LogP contribution >= 0.6 is 0 Å². The summed E-state index contributed by atoms with van der Waals surface area (Å²) in [7, 11) is 1.96. The van der Waals surface area contributed by atoms with Gasteiger partial charge in [0.2, 0.25) is 5.91 Å². The Morgan fingerprint density at radius 2 is 1.93 bits per heavy atom. The Labute approximate surface area is 178 Å². The van der Waals surface area contributed by atoms with E-state index in [-0.39, 0.29) is 5.91 Å². The van der Waals surface area contributed by atoms with E-state index in [9.17, 15) is 4.79 Å². The van der Waals surface area contributed by atoms with Crippen LogP contribution in [0, 0.1) is 26.7 Å². The number of aromatic nitrogens is 4. The van der Waals surface area contributed by atoms with E-state index in [1.54, 1.807) is 0 Å². The fourth-order valence-corrected chi connectivity index (χ4v) is 4.54. The van der Waals surface area contributed by atoms with E-state index in [0.29, 0.717) is 12.3 Å². The van der Waals surface area contributed by atoms with Gasteiger partial charge in [0.1, 0.15) is 5.82 Å². The Morgan fingerprint density at radius 1 is 1.17 bits per heavy atom. The lowest BCUT2D eigenvalue weighted by Crippen LogP contribution is -2.29. The van der Waals surface area contributed by atoms with Crippen molar-refractivity contribution >= 4 is 5.91 Å². The Morgan fingerprint density at radius 3 is 2.63 bits per heavy atom. The summed E-state index contributed by atoms with van der Waals surface area (Å²) in [6.45, 7) is 8.79. The van der Waals surface area contributed by atoms with Crippen LogP contribution in [0.1, 0.15) is 35.5 Å². The lowest BCUT2D eigenvalue weighted by atomic mass is 10.1. The van der Waals surface area contributed by atoms with Gasteiger partial charge in [-0.15, -0.1) is 0 Å². The lowest BCUT2D eigenvalue weighted by molar-refractivity contribution is -0.130. The Hall–Kier alpha value is -2.89. The molecule has 0 radical (unpaired) electrons. The number of imidazole rings is 1. The molecule has 1 amide bonds. The molecule has 1 fully saturated rings. The monoisotopic (exact) mass is 405 g/mol. The Balaban J connectivity index is 1.37. The normalized spacial score (nSPS) is 16.4. The number of amides is 1. The molecule has 4 rings (SSSR count). The van der Waals surface area contributed by atoms with E-state index < -0.39 is 0 Å². The summed E-state index contributed by atoms with van der Waals surface area (Å²) in [5.41, 5.74) is 5.71. The van der Waals surface area contributed by atoms with E-state index >= 15 is 0 Å². The smallest absolute Gasteiger partial charge is 0.222 e. The minimum atomic E-state index is 0.255. The van der Waals surface area contributed by atoms with Gasteiger partial charge in [-0.25, -0.2) is 4.98 Å². The predicted octanol–water partition coefficient (Wildman–Crippen LogP) is 3.69. The van der Waals surface area contributed by atoms with Crippen molar-refractivity contribution in [2.75, 3.05) is 13.1 Å². The number of hydrogen-bond donors (Lipinski definition) is 0. The number of carbonyl (C=O) groups excluding carboxylic acids is 1. The maximum Gasteiger partial charge on any atom is 0.222 e. The van der Waals surface area contributed by atoms with Gasteiger partial charge in [0, 0.05) is 56.3 Å². The van der Waals surface area contributed by atoms with E-state index in [0.717, 1.165) is 55.3 Å². The summed E-state index contributed by atoms with van der Waals surface area (Å²) in [6.07, 6.45) is 4.31. The minimum absolute atomic E-state index is 0.255. The van der Waals surface area contributed by atoms with Crippen molar-refractivity contribution in [2.24, 2.45) is 13.0 Å². The third kappa shape index (κ3) is 4.04. The zero-order valence-corrected chi connectivity index (χ0v) is 18.4. The summed E-state index contributed by atoms with van der Waals surface area (Å²) in [6, 6.07) is 10.3. The number of likely N-dealkylation sites (tertiary alicyclic amines) is 1. The maximum atomic E-state index is 12.8. The Kier molecular flexibility index (Phi) is 5.75. The van der Waals surface area contributed by atoms with Crippen molar-refractivity contribution < 1.29 is 4.79 Å². The molecule has 0 bridgehead atoms. The average molecular weight is 406 g/mol. The first kappa shape index (κ1) is 20.4. The molecular weight excluding hydrogens is 374 g/mol. The third-order valence-electron chi connectivity index (χ3n) is 6.41. The quantitative estimate of drug-likeness (QED) is 0.628. The van der Waals surface area contributed by atoms with Gasteiger partial charge in [0.25, 0.3) is 0 Å². The minimum Gasteiger partial charge on any atom is -0.342 e. The zero-order valence-electron chi connectivity index (χ0n) is 18.4. The van der Waals surface area contributed by atoms with Gasteiger partial charge in [-0.05, 0) is 45.1 Å². The van der Waals surface area contributed by atoms with E-state index in [4.69, 9.17) is 0 Å². The molecule has 0 spiro atoms. The molecule has 2 aromatic heterocycles. The van der Waals surface area contributed by atoms with Crippen LogP contribution in [0.4, 0.5) is 0 Å². The van der Waals surface area contributed by atoms with Crippen molar-refractivity contribution in [1.82, 2.24) is 24.2 Å². The van der Waals surface area contributed by atoms with Gasteiger partial charge in [0.05, 0.1) is 5.69 Å². The highest BCUT2D eigenvalue weighted by Crippen LogP contribution is 2.25. The summed E-state index contributed by atoms with van der Waals surface area (Å²) in [5, 5.41) is 4.46. The number of rotatable bonds is 6. The fourth-order valence-electron chi connectivity index (χ4n) is 4.54. The number of carbonyl (C=O) groups is 1. The molecule has 6 nitrogen and oxygen atoms in total. The molecule has 158 valence electrons. The molecule has 1 aliphatic heterocycles. The van der Waals surface area contributed by atoms with Gasteiger partial charge < -0.3 is 9.47 Å². The highest BCUT2D eigenvalue weighted by Gasteiger charge is 2.27. The first-order valence-corrected chi connectivity index (χ1v) is 10.8. The fraction of sp³-hybridized carbons (Fsp3) is 0.458. The summed E-state index contributed by atoms with van der Waals surface area (Å²) >= 11 is 0. The van der Waals surface area contributed by atoms with E-state index in [1.165, 1.54) is 11.3 Å². The predicted molar refractivity (Wildman–Crippen MR) is 118 cm³/mol. The zero-order chi connectivity index (χ0) is 21.3. The summed E-state index contributed by atoms with van der Waals surface area (Å²) in [5.74, 6) is 1.73. The van der Waals surface area contributed by atoms with E-state index in [2.05, 4.69) is 40.6 Å². The number of aryl methyl sites for hydroxylation is 3. The van der Waals surface area contributed by atoms with Gasteiger partial charge >= 0.3 is 0 Å². The van der Waals surface area contributed by atoms with E-state index in [1.807, 2.05) is 47.9 Å². The van der Waals surface area contributed by atoms with Gasteiger partial charge in [-0.1, -0.05) is 30.3 Å². The van der Waals surface area contributed by atoms with Crippen LogP contribution in [0.15, 0.2) is 36.5 Å². The second-order valence-electron chi connectivity index (χ2n) is 8.47. The van der Waals surface area contributed by atoms with Gasteiger partial charge in [-0.2, -0.15) is 5.10 Å². The van der Waals surface area contributed by atoms with Crippen molar-refractivity contribution in [3.05, 3.63) is 59.2 Å². The van der Waals surface area contributed by atoms with Crippen molar-refractivity contribution in [3.63, 3.8) is 0 Å². The molecule has 30 heavy (non-hydrogen) atoms. The summed E-state index contributed by atoms with van der Waals surface area (Å²) in [4.78, 5) is 19.5. The topological polar surface area (TPSA) is 56.0 Å². The molecule has 1 aliphatic rings. The molecule has 1 saturated heterocycles. The number of nitrogens with zero attached hydrogens (tertiary/aromatic N) is 5. The standard InChI is InChI=1S/C24H31N5O/c1-17-14-25-24(21-8-6-5-7-9-21)29(17)16-20-12-13-28(15-20)23(30)11-10-22-18(2)26-27(4)19(22)3/h5-9,14,20H,10-13,15-16H2,1-4H3. The maximum absolute atomic E-state index is 12.8. The first-order chi connectivity index (χ1) is 14.4. The molecule has 1 atom stereocenters. The van der Waals surface area contributed by atoms with Crippen LogP contribution in [0.2, 0.25) is 0 Å². The average Bonchev–Trinajstić information content (AvgIpc) is 3.41. The van der Waals surface area contributed by atoms with Crippen LogP contribution in [-0.4, -0.2) is 43.2 Å². The van der Waals surface area contributed by atoms with Crippen molar-refractivity contribution in [3.8, 4) is 11.4 Å². The largest absolute Gasteiger partial charge is 0.342 e. The third-order valence-corrected chi connectivity index (χ3v) is 6.41. The van der Waals surface area contributed by atoms with Crippen LogP contribution in [0.3, 0.4) is 0 Å². The molecular formula is C24H31N5O. The van der Waals surface area contributed by atoms with Crippen LogP contribution in [-0.2, 0) is 24.8 Å². The molecule has 1 aromatic carbocycles. The highest BCUT2D eigenvalue weighted by molar-refractivity contribution is 5.76. The van der Waals surface area contributed by atoms with Crippen LogP contribution < -0.4 is 0 Å². The SMILES string of the molecule is Cc1nn(C)c(C)c1CCC(=O)N1CCC(Cn2c(C)cnc2-c2ccccc2)C1. The van der Waals surface area contributed by atoms with Crippen molar-refractivity contribution in [1.29, 1.82) is 0 Å². The molecule has 3 heterocycles. The second-order valence-corrected chi connectivity index (χ2v) is 8.47. The second kappa shape index (κ2) is 8.46. The van der Waals surface area contributed by atoms with Gasteiger partial charge in [0.15, 0.2) is 0 Å². The molecule has 0 aliphatic carbocycles. The lowest BCUT2D eigenvalue weighted by Gasteiger charge is -2.18. The van der Waals surface area contributed by atoms with Crippen molar-refractivity contribution in [2.45, 2.75) is 46.6 Å². The number of benzene rings is 1. The molecule has 6 heteroatoms. The molecule has 1 unspecified atom stereocenters. The van der Waals surface area contributed by atoms with Crippen LogP contribution in [0.5, 0.6) is 0 Å². The summed E-state index contributed by atoms with van der Waals surface area (Å²) < 4.78 is 4.20. The highest BCUT2D eigenvalue weighted by atomic mass is 16.2. The molecule has 0 N–H and O–H groups in total. The van der Waals surface area contributed by atoms with Crippen LogP contribution in [0.25, 0.3) is 11.4 Å².